The van der Waals surface area contributed by atoms with E-state index >= 15 is 0 Å². The molecule has 0 bridgehead atoms. The zero-order valence-electron chi connectivity index (χ0n) is 12.0. The number of amides is 1. The second-order valence-corrected chi connectivity index (χ2v) is 5.49. The molecule has 6 nitrogen and oxygen atoms in total. The number of carboxylic acids is 1. The number of carboxylic acid groups (broad SMARTS) is 1. The van der Waals surface area contributed by atoms with E-state index in [4.69, 9.17) is 9.84 Å². The number of hydrogen-bond donors (Lipinski definition) is 3. The maximum Gasteiger partial charge on any atom is 0.412 e. The molecule has 21 heavy (non-hydrogen) atoms. The van der Waals surface area contributed by atoms with E-state index in [0.29, 0.717) is 0 Å². The second kappa shape index (κ2) is 6.53. The fourth-order valence-corrected chi connectivity index (χ4v) is 1.56. The van der Waals surface area contributed by atoms with E-state index in [9.17, 15) is 19.1 Å². The zero-order valence-corrected chi connectivity index (χ0v) is 12.0. The van der Waals surface area contributed by atoms with Crippen molar-refractivity contribution in [3.05, 3.63) is 29.6 Å². The van der Waals surface area contributed by atoms with E-state index in [-0.39, 0.29) is 17.7 Å². The first kappa shape index (κ1) is 16.9. The lowest BCUT2D eigenvalue weighted by Gasteiger charge is -2.20. The fraction of sp³-hybridized carbons (Fsp3) is 0.429. The molecule has 0 aliphatic heterocycles. The molecule has 0 spiro atoms. The summed E-state index contributed by atoms with van der Waals surface area (Å²) in [5.74, 6) is -2.03. The summed E-state index contributed by atoms with van der Waals surface area (Å²) in [7, 11) is 0. The number of rotatable bonds is 4. The molecule has 116 valence electrons. The normalized spacial score (nSPS) is 12.6. The Bertz CT molecular complexity index is 539. The number of anilines is 1. The number of ether oxygens (including phenoxy) is 1. The molecule has 7 heteroatoms. The average Bonchev–Trinajstić information content (AvgIpc) is 2.30. The largest absolute Gasteiger partial charge is 0.479 e. The van der Waals surface area contributed by atoms with Crippen molar-refractivity contribution in [1.29, 1.82) is 0 Å². The van der Waals surface area contributed by atoms with Gasteiger partial charge >= 0.3 is 12.1 Å². The van der Waals surface area contributed by atoms with Crippen LogP contribution in [0.15, 0.2) is 18.2 Å². The molecular weight excluding hydrogens is 281 g/mol. The Labute approximate surface area is 121 Å². The first-order chi connectivity index (χ1) is 9.58. The highest BCUT2D eigenvalue weighted by molar-refractivity contribution is 5.86. The van der Waals surface area contributed by atoms with Crippen molar-refractivity contribution in [2.75, 3.05) is 5.32 Å². The Hall–Kier alpha value is -2.15. The number of aliphatic carboxylic acids is 1. The molecule has 0 aliphatic rings. The SMILES string of the molecule is CC(C)(C)OC(=O)Nc1ccc(F)cc1CC(O)C(=O)O. The monoisotopic (exact) mass is 299 g/mol. The standard InChI is InChI=1S/C14H18FNO5/c1-14(2,3)21-13(20)16-10-5-4-9(15)6-8(10)7-11(17)12(18)19/h4-6,11,17H,7H2,1-3H3,(H,16,20)(H,18,19). The third-order valence-electron chi connectivity index (χ3n) is 2.40. The molecule has 1 atom stereocenters. The summed E-state index contributed by atoms with van der Waals surface area (Å²) in [4.78, 5) is 22.3. The van der Waals surface area contributed by atoms with Crippen LogP contribution < -0.4 is 5.32 Å². The summed E-state index contributed by atoms with van der Waals surface area (Å²) in [6.07, 6.45) is -2.77. The maximum absolute atomic E-state index is 13.2. The van der Waals surface area contributed by atoms with Crippen LogP contribution in [0.2, 0.25) is 0 Å². The predicted octanol–water partition coefficient (Wildman–Crippen LogP) is 2.16. The van der Waals surface area contributed by atoms with E-state index in [1.807, 2.05) is 0 Å². The molecule has 1 amide bonds. The van der Waals surface area contributed by atoms with Gasteiger partial charge in [-0.05, 0) is 44.5 Å². The zero-order chi connectivity index (χ0) is 16.2. The van der Waals surface area contributed by atoms with Gasteiger partial charge in [0.2, 0.25) is 0 Å². The van der Waals surface area contributed by atoms with Crippen LogP contribution >= 0.6 is 0 Å². The summed E-state index contributed by atoms with van der Waals surface area (Å²) in [6, 6.07) is 3.45. The van der Waals surface area contributed by atoms with Crippen LogP contribution in [0.4, 0.5) is 14.9 Å². The van der Waals surface area contributed by atoms with Crippen LogP contribution in [0.25, 0.3) is 0 Å². The van der Waals surface area contributed by atoms with Crippen molar-refractivity contribution in [3.63, 3.8) is 0 Å². The molecule has 0 heterocycles. The fourth-order valence-electron chi connectivity index (χ4n) is 1.56. The summed E-state index contributed by atoms with van der Waals surface area (Å²) in [6.45, 7) is 5.06. The maximum atomic E-state index is 13.2. The summed E-state index contributed by atoms with van der Waals surface area (Å²) < 4.78 is 18.3. The first-order valence-corrected chi connectivity index (χ1v) is 6.28. The molecule has 1 aromatic carbocycles. The molecular formula is C14H18FNO5. The molecule has 0 saturated carbocycles. The van der Waals surface area contributed by atoms with Crippen molar-refractivity contribution in [2.45, 2.75) is 38.9 Å². The minimum absolute atomic E-state index is 0.163. The average molecular weight is 299 g/mol. The first-order valence-electron chi connectivity index (χ1n) is 6.28. The molecule has 0 fully saturated rings. The van der Waals surface area contributed by atoms with Gasteiger partial charge < -0.3 is 14.9 Å². The van der Waals surface area contributed by atoms with Crippen LogP contribution in [0.5, 0.6) is 0 Å². The third kappa shape index (κ3) is 5.78. The Morgan fingerprint density at radius 2 is 2.00 bits per heavy atom. The van der Waals surface area contributed by atoms with Gasteiger partial charge in [-0.2, -0.15) is 0 Å². The van der Waals surface area contributed by atoms with Gasteiger partial charge in [-0.1, -0.05) is 0 Å². The Morgan fingerprint density at radius 3 is 2.52 bits per heavy atom. The van der Waals surface area contributed by atoms with Crippen LogP contribution in [-0.4, -0.2) is 34.0 Å². The highest BCUT2D eigenvalue weighted by atomic mass is 19.1. The van der Waals surface area contributed by atoms with E-state index < -0.39 is 29.6 Å². The highest BCUT2D eigenvalue weighted by Gasteiger charge is 2.20. The van der Waals surface area contributed by atoms with E-state index in [1.54, 1.807) is 20.8 Å². The molecule has 0 radical (unpaired) electrons. The van der Waals surface area contributed by atoms with Crippen molar-refractivity contribution in [2.24, 2.45) is 0 Å². The van der Waals surface area contributed by atoms with E-state index in [2.05, 4.69) is 5.32 Å². The molecule has 1 unspecified atom stereocenters. The summed E-state index contributed by atoms with van der Waals surface area (Å²) >= 11 is 0. The van der Waals surface area contributed by atoms with Crippen molar-refractivity contribution >= 4 is 17.7 Å². The number of hydrogen-bond acceptors (Lipinski definition) is 4. The van der Waals surface area contributed by atoms with Gasteiger partial charge in [-0.3, -0.25) is 5.32 Å². The quantitative estimate of drug-likeness (QED) is 0.791. The third-order valence-corrected chi connectivity index (χ3v) is 2.40. The Balaban J connectivity index is 2.91. The van der Waals surface area contributed by atoms with Gasteiger partial charge in [0.1, 0.15) is 11.4 Å². The van der Waals surface area contributed by atoms with E-state index in [1.165, 1.54) is 6.07 Å². The minimum Gasteiger partial charge on any atom is -0.479 e. The number of benzene rings is 1. The van der Waals surface area contributed by atoms with Gasteiger partial charge in [0.15, 0.2) is 6.10 Å². The molecule has 0 saturated heterocycles. The minimum atomic E-state index is -1.69. The number of nitrogens with one attached hydrogen (secondary N) is 1. The lowest BCUT2D eigenvalue weighted by atomic mass is 10.1. The lowest BCUT2D eigenvalue weighted by molar-refractivity contribution is -0.146. The van der Waals surface area contributed by atoms with Crippen molar-refractivity contribution < 1.29 is 28.9 Å². The smallest absolute Gasteiger partial charge is 0.412 e. The van der Waals surface area contributed by atoms with Crippen LogP contribution in [0, 0.1) is 5.82 Å². The topological polar surface area (TPSA) is 95.9 Å². The molecule has 1 aromatic rings. The van der Waals surface area contributed by atoms with Crippen LogP contribution in [0.1, 0.15) is 26.3 Å². The number of halogens is 1. The molecule has 0 aliphatic carbocycles. The van der Waals surface area contributed by atoms with Gasteiger partial charge in [-0.25, -0.2) is 14.0 Å². The van der Waals surface area contributed by atoms with Gasteiger partial charge in [0.25, 0.3) is 0 Å². The van der Waals surface area contributed by atoms with Gasteiger partial charge in [-0.15, -0.1) is 0 Å². The number of carbonyl (C=O) groups is 2. The number of aliphatic hydroxyl groups is 1. The highest BCUT2D eigenvalue weighted by Crippen LogP contribution is 2.20. The summed E-state index contributed by atoms with van der Waals surface area (Å²) in [5.41, 5.74) is -0.355. The molecule has 3 N–H and O–H groups in total. The number of carbonyl (C=O) groups excluding carboxylic acids is 1. The Kier molecular flexibility index (Phi) is 5.26. The predicted molar refractivity (Wildman–Crippen MR) is 73.6 cm³/mol. The van der Waals surface area contributed by atoms with Crippen molar-refractivity contribution in [1.82, 2.24) is 0 Å². The van der Waals surface area contributed by atoms with Crippen molar-refractivity contribution in [3.8, 4) is 0 Å². The number of aliphatic hydroxyl groups excluding tert-OH is 1. The lowest BCUT2D eigenvalue weighted by Crippen LogP contribution is -2.28. The van der Waals surface area contributed by atoms with Gasteiger partial charge in [0, 0.05) is 12.1 Å². The second-order valence-electron chi connectivity index (χ2n) is 5.49. The van der Waals surface area contributed by atoms with Crippen LogP contribution in [-0.2, 0) is 16.0 Å². The molecule has 1 rings (SSSR count). The summed E-state index contributed by atoms with van der Waals surface area (Å²) in [5, 5.41) is 20.4. The molecule has 0 aromatic heterocycles. The van der Waals surface area contributed by atoms with E-state index in [0.717, 1.165) is 12.1 Å². The Morgan fingerprint density at radius 1 is 1.38 bits per heavy atom. The van der Waals surface area contributed by atoms with Crippen LogP contribution in [0.3, 0.4) is 0 Å². The van der Waals surface area contributed by atoms with Gasteiger partial charge in [0.05, 0.1) is 0 Å².